The van der Waals surface area contributed by atoms with Crippen molar-refractivity contribution in [3.05, 3.63) is 54.4 Å². The number of ether oxygens (including phenoxy) is 1. The third kappa shape index (κ3) is 2.40. The number of rotatable bonds is 3. The highest BCUT2D eigenvalue weighted by atomic mass is 19.2. The van der Waals surface area contributed by atoms with E-state index >= 15 is 0 Å². The summed E-state index contributed by atoms with van der Waals surface area (Å²) in [6.07, 6.45) is 5.02. The molecule has 2 unspecified atom stereocenters. The van der Waals surface area contributed by atoms with Crippen LogP contribution in [0.5, 0.6) is 5.75 Å². The Morgan fingerprint density at radius 3 is 2.56 bits per heavy atom. The van der Waals surface area contributed by atoms with Crippen molar-refractivity contribution in [2.45, 2.75) is 5.85 Å². The number of aliphatic carboxylic acids is 1. The Kier molecular flexibility index (Phi) is 3.14. The van der Waals surface area contributed by atoms with Crippen LogP contribution in [0.2, 0.25) is 0 Å². The maximum atomic E-state index is 14.4. The molecule has 0 saturated heterocycles. The maximum absolute atomic E-state index is 14.4. The Morgan fingerprint density at radius 2 is 1.94 bits per heavy atom. The summed E-state index contributed by atoms with van der Waals surface area (Å²) >= 11 is 0. The lowest BCUT2D eigenvalue weighted by atomic mass is 9.95. The van der Waals surface area contributed by atoms with Crippen LogP contribution >= 0.6 is 0 Å². The Bertz CT molecular complexity index is 507. The topological polar surface area (TPSA) is 46.5 Å². The highest BCUT2D eigenvalue weighted by molar-refractivity contribution is 5.74. The fourth-order valence-corrected chi connectivity index (χ4v) is 1.63. The minimum Gasteiger partial charge on any atom is -0.481 e. The molecule has 0 amide bonds. The lowest BCUT2D eigenvalue weighted by Gasteiger charge is -2.28. The Morgan fingerprint density at radius 1 is 1.28 bits per heavy atom. The van der Waals surface area contributed by atoms with Crippen molar-refractivity contribution < 1.29 is 23.4 Å². The van der Waals surface area contributed by atoms with Crippen molar-refractivity contribution in [3.8, 4) is 5.75 Å². The van der Waals surface area contributed by atoms with E-state index in [9.17, 15) is 13.6 Å². The van der Waals surface area contributed by atoms with Crippen LogP contribution in [-0.4, -0.2) is 16.9 Å². The summed E-state index contributed by atoms with van der Waals surface area (Å²) in [4.78, 5) is 10.9. The summed E-state index contributed by atoms with van der Waals surface area (Å²) in [5.74, 6) is -5.67. The smallest absolute Gasteiger partial charge is 0.317 e. The average Bonchev–Trinajstić information content (AvgIpc) is 2.32. The zero-order valence-corrected chi connectivity index (χ0v) is 9.22. The van der Waals surface area contributed by atoms with E-state index in [0.717, 1.165) is 18.2 Å². The molecule has 0 spiro atoms. The van der Waals surface area contributed by atoms with Crippen LogP contribution < -0.4 is 4.74 Å². The Labute approximate surface area is 102 Å². The van der Waals surface area contributed by atoms with Gasteiger partial charge in [0, 0.05) is 0 Å². The first-order chi connectivity index (χ1) is 8.51. The molecule has 2 rings (SSSR count). The Hall–Kier alpha value is -2.17. The first-order valence-electron chi connectivity index (χ1n) is 5.23. The minimum absolute atomic E-state index is 0.0603. The van der Waals surface area contributed by atoms with E-state index in [-0.39, 0.29) is 5.75 Å². The SMILES string of the molecule is O=C(O)C1C=CC=CC1(F)Oc1ccc(F)cc1. The number of carboxylic acids is 1. The summed E-state index contributed by atoms with van der Waals surface area (Å²) in [5, 5.41) is 8.93. The number of carboxylic acid groups (broad SMARTS) is 1. The number of benzene rings is 1. The molecule has 0 bridgehead atoms. The van der Waals surface area contributed by atoms with Crippen LogP contribution in [0.15, 0.2) is 48.6 Å². The van der Waals surface area contributed by atoms with Crippen molar-refractivity contribution in [2.75, 3.05) is 0 Å². The van der Waals surface area contributed by atoms with Gasteiger partial charge in [-0.05, 0) is 30.3 Å². The van der Waals surface area contributed by atoms with Crippen LogP contribution in [-0.2, 0) is 4.79 Å². The zero-order chi connectivity index (χ0) is 13.2. The molecule has 2 atom stereocenters. The van der Waals surface area contributed by atoms with Crippen molar-refractivity contribution in [1.29, 1.82) is 0 Å². The number of halogens is 2. The number of allylic oxidation sites excluding steroid dienone is 2. The number of carbonyl (C=O) groups is 1. The van der Waals surface area contributed by atoms with Gasteiger partial charge in [0.05, 0.1) is 0 Å². The predicted octanol–water partition coefficient (Wildman–Crippen LogP) is 2.70. The molecule has 1 aliphatic carbocycles. The van der Waals surface area contributed by atoms with E-state index in [0.29, 0.717) is 0 Å². The second-order valence-corrected chi connectivity index (χ2v) is 3.81. The van der Waals surface area contributed by atoms with Gasteiger partial charge in [0.2, 0.25) is 0 Å². The highest BCUT2D eigenvalue weighted by Gasteiger charge is 2.43. The second-order valence-electron chi connectivity index (χ2n) is 3.81. The van der Waals surface area contributed by atoms with Gasteiger partial charge in [0.1, 0.15) is 17.5 Å². The molecule has 18 heavy (non-hydrogen) atoms. The summed E-state index contributed by atoms with van der Waals surface area (Å²) in [6, 6.07) is 4.69. The standard InChI is InChI=1S/C13H10F2O3/c14-9-4-6-10(7-5-9)18-13(15)8-2-1-3-11(13)12(16)17/h1-8,11H,(H,16,17). The van der Waals surface area contributed by atoms with Crippen LogP contribution in [0.25, 0.3) is 0 Å². The molecule has 3 nitrogen and oxygen atoms in total. The molecule has 0 saturated carbocycles. The lowest BCUT2D eigenvalue weighted by molar-refractivity contribution is -0.152. The van der Waals surface area contributed by atoms with Gasteiger partial charge in [-0.1, -0.05) is 18.2 Å². The van der Waals surface area contributed by atoms with E-state index in [4.69, 9.17) is 9.84 Å². The summed E-state index contributed by atoms with van der Waals surface area (Å²) < 4.78 is 32.2. The van der Waals surface area contributed by atoms with Gasteiger partial charge in [-0.2, -0.15) is 4.39 Å². The summed E-state index contributed by atoms with van der Waals surface area (Å²) in [5.41, 5.74) is 0. The number of hydrogen-bond donors (Lipinski definition) is 1. The average molecular weight is 252 g/mol. The molecule has 0 fully saturated rings. The van der Waals surface area contributed by atoms with Crippen LogP contribution in [0.4, 0.5) is 8.78 Å². The van der Waals surface area contributed by atoms with Crippen molar-refractivity contribution in [1.82, 2.24) is 0 Å². The monoisotopic (exact) mass is 252 g/mol. The molecule has 1 aromatic carbocycles. The fourth-order valence-electron chi connectivity index (χ4n) is 1.63. The lowest BCUT2D eigenvalue weighted by Crippen LogP contribution is -2.41. The number of alkyl halides is 1. The molecule has 0 aliphatic heterocycles. The van der Waals surface area contributed by atoms with Crippen LogP contribution in [0.1, 0.15) is 0 Å². The minimum atomic E-state index is -2.47. The molecule has 0 aromatic heterocycles. The molecule has 0 radical (unpaired) electrons. The van der Waals surface area contributed by atoms with Gasteiger partial charge in [-0.3, -0.25) is 4.79 Å². The van der Waals surface area contributed by atoms with Gasteiger partial charge in [0.15, 0.2) is 0 Å². The van der Waals surface area contributed by atoms with Gasteiger partial charge in [0.25, 0.3) is 5.85 Å². The largest absolute Gasteiger partial charge is 0.481 e. The fraction of sp³-hybridized carbons (Fsp3) is 0.154. The van der Waals surface area contributed by atoms with Crippen LogP contribution in [0, 0.1) is 11.7 Å². The third-order valence-corrected chi connectivity index (χ3v) is 2.52. The molecule has 94 valence electrons. The van der Waals surface area contributed by atoms with E-state index in [1.165, 1.54) is 30.4 Å². The van der Waals surface area contributed by atoms with Crippen molar-refractivity contribution in [2.24, 2.45) is 5.92 Å². The van der Waals surface area contributed by atoms with E-state index in [1.54, 1.807) is 0 Å². The zero-order valence-electron chi connectivity index (χ0n) is 9.22. The van der Waals surface area contributed by atoms with Crippen LogP contribution in [0.3, 0.4) is 0 Å². The molecule has 1 aromatic rings. The van der Waals surface area contributed by atoms with Gasteiger partial charge in [-0.25, -0.2) is 4.39 Å². The maximum Gasteiger partial charge on any atom is 0.317 e. The van der Waals surface area contributed by atoms with Gasteiger partial charge in [-0.15, -0.1) is 0 Å². The first kappa shape index (κ1) is 12.3. The quantitative estimate of drug-likeness (QED) is 0.899. The normalized spacial score (nSPS) is 26.0. The van der Waals surface area contributed by atoms with E-state index in [1.807, 2.05) is 0 Å². The molecule has 1 N–H and O–H groups in total. The van der Waals surface area contributed by atoms with Crippen molar-refractivity contribution in [3.63, 3.8) is 0 Å². The summed E-state index contributed by atoms with van der Waals surface area (Å²) in [6.45, 7) is 0. The van der Waals surface area contributed by atoms with Gasteiger partial charge < -0.3 is 9.84 Å². The summed E-state index contributed by atoms with van der Waals surface area (Å²) in [7, 11) is 0. The molecular weight excluding hydrogens is 242 g/mol. The molecular formula is C13H10F2O3. The van der Waals surface area contributed by atoms with E-state index in [2.05, 4.69) is 0 Å². The van der Waals surface area contributed by atoms with E-state index < -0.39 is 23.6 Å². The molecule has 5 heteroatoms. The molecule has 0 heterocycles. The predicted molar refractivity (Wildman–Crippen MR) is 60.3 cm³/mol. The van der Waals surface area contributed by atoms with Gasteiger partial charge >= 0.3 is 5.97 Å². The Balaban J connectivity index is 2.25. The highest BCUT2D eigenvalue weighted by Crippen LogP contribution is 2.32. The second kappa shape index (κ2) is 4.60. The van der Waals surface area contributed by atoms with Crippen molar-refractivity contribution >= 4 is 5.97 Å². The molecule has 1 aliphatic rings. The first-order valence-corrected chi connectivity index (χ1v) is 5.23. The number of hydrogen-bond acceptors (Lipinski definition) is 2. The third-order valence-electron chi connectivity index (χ3n) is 2.52.